The molecule has 14 nitrogen and oxygen atoms in total. The molecule has 0 fully saturated rings. The lowest BCUT2D eigenvalue weighted by molar-refractivity contribution is -0.172. The molecule has 2 aliphatic heterocycles. The van der Waals surface area contributed by atoms with E-state index in [1.54, 1.807) is 19.9 Å². The monoisotopic (exact) mass is 1190 g/mol. The van der Waals surface area contributed by atoms with Gasteiger partial charge in [0.15, 0.2) is 5.60 Å². The van der Waals surface area contributed by atoms with E-state index in [2.05, 4.69) is 88.9 Å². The molecule has 0 unspecified atom stereocenters. The Balaban J connectivity index is 0.823. The van der Waals surface area contributed by atoms with Crippen LogP contribution in [0.15, 0.2) is 181 Å². The first-order valence-electron chi connectivity index (χ1n) is 30.8. The molecule has 0 bridgehead atoms. The molecule has 5 N–H and O–H groups in total. The third-order valence-electron chi connectivity index (χ3n) is 18.8. The summed E-state index contributed by atoms with van der Waals surface area (Å²) in [6.07, 6.45) is 1.24. The number of carbonyl (C=O) groups excluding carboxylic acids is 4. The van der Waals surface area contributed by atoms with Crippen LogP contribution in [0.1, 0.15) is 123 Å². The molecule has 0 saturated heterocycles. The molecule has 2 aliphatic carbocycles. The Kier molecular flexibility index (Phi) is 15.9. The minimum Gasteiger partial charge on any atom is -0.458 e. The summed E-state index contributed by atoms with van der Waals surface area (Å²) < 4.78 is 28.9. The van der Waals surface area contributed by atoms with Crippen LogP contribution in [-0.2, 0) is 61.0 Å². The highest BCUT2D eigenvalue weighted by atomic mass is 19.1. The number of halogens is 1. The second-order valence-corrected chi connectivity index (χ2v) is 24.0. The van der Waals surface area contributed by atoms with Gasteiger partial charge in [0, 0.05) is 34.9 Å². The predicted molar refractivity (Wildman–Crippen MR) is 338 cm³/mol. The fourth-order valence-electron chi connectivity index (χ4n) is 14.1. The van der Waals surface area contributed by atoms with Gasteiger partial charge in [0.25, 0.3) is 5.56 Å². The number of nitrogens with one attached hydrogen (secondary N) is 4. The Hall–Kier alpha value is -9.57. The van der Waals surface area contributed by atoms with Crippen LogP contribution in [0.3, 0.4) is 0 Å². The molecule has 7 aromatic carbocycles. The van der Waals surface area contributed by atoms with Crippen molar-refractivity contribution in [1.29, 1.82) is 0 Å². The number of nitrogens with zero attached hydrogens (tertiary/aromatic N) is 2. The van der Waals surface area contributed by atoms with E-state index in [0.717, 1.165) is 55.6 Å². The molecule has 0 spiro atoms. The number of aliphatic hydroxyl groups is 1. The highest BCUT2D eigenvalue weighted by molar-refractivity contribution is 5.95. The summed E-state index contributed by atoms with van der Waals surface area (Å²) >= 11 is 0. The molecule has 89 heavy (non-hydrogen) atoms. The molecular formula is C74H69FN6O8. The molecule has 450 valence electrons. The SMILES string of the molecule is CC[C@@]1(O)C(=O)OCc2c1cc1n(c2=O)Cc2c-1nc1cc(F)c(C)c3c1c2[C@@H](NC(=O)[C@H](CCCCNC(c1ccccc1)(c1ccccc1)c1ccc(C)cc1)NC(=O)[C@H](Cc1ccccc1)NC(=O)OCC1c2ccccc2-c2ccccc21)CC3. The van der Waals surface area contributed by atoms with E-state index in [0.29, 0.717) is 71.2 Å². The minimum absolute atomic E-state index is 0.0259. The average Bonchev–Trinajstić information content (AvgIpc) is 1.66. The number of carbonyl (C=O) groups is 4. The van der Waals surface area contributed by atoms with Crippen LogP contribution in [0, 0.1) is 19.7 Å². The zero-order chi connectivity index (χ0) is 61.6. The Morgan fingerprint density at radius 3 is 2.04 bits per heavy atom. The van der Waals surface area contributed by atoms with Gasteiger partial charge in [0.1, 0.15) is 31.1 Å². The maximum atomic E-state index is 16.0. The molecular weight excluding hydrogens is 1120 g/mol. The largest absolute Gasteiger partial charge is 0.458 e. The highest BCUT2D eigenvalue weighted by Gasteiger charge is 2.46. The number of benzene rings is 7. The van der Waals surface area contributed by atoms with Crippen LogP contribution in [-0.4, -0.2) is 63.8 Å². The van der Waals surface area contributed by atoms with E-state index in [9.17, 15) is 19.5 Å². The second kappa shape index (κ2) is 24.2. The van der Waals surface area contributed by atoms with Gasteiger partial charge in [-0.2, -0.15) is 0 Å². The lowest BCUT2D eigenvalue weighted by atomic mass is 9.76. The van der Waals surface area contributed by atoms with Crippen molar-refractivity contribution in [2.24, 2.45) is 0 Å². The first-order valence-corrected chi connectivity index (χ1v) is 30.8. The topological polar surface area (TPSA) is 190 Å². The Bertz CT molecular complexity index is 4210. The minimum atomic E-state index is -2.07. The van der Waals surface area contributed by atoms with Crippen molar-refractivity contribution in [3.05, 3.63) is 264 Å². The quantitative estimate of drug-likeness (QED) is 0.0296. The van der Waals surface area contributed by atoms with E-state index in [-0.39, 0.29) is 56.1 Å². The number of cyclic esters (lactones) is 1. The number of pyridine rings is 2. The summed E-state index contributed by atoms with van der Waals surface area (Å²) in [5, 5.41) is 25.7. The molecule has 15 heteroatoms. The number of aromatic nitrogens is 2. The first-order chi connectivity index (χ1) is 43.2. The predicted octanol–water partition coefficient (Wildman–Crippen LogP) is 11.3. The second-order valence-electron chi connectivity index (χ2n) is 24.0. The number of esters is 1. The molecule has 0 saturated carbocycles. The summed E-state index contributed by atoms with van der Waals surface area (Å²) in [4.78, 5) is 77.5. The normalized spacial score (nSPS) is 16.9. The van der Waals surface area contributed by atoms with Gasteiger partial charge in [0.05, 0.1) is 40.6 Å². The van der Waals surface area contributed by atoms with E-state index in [1.165, 1.54) is 10.6 Å². The van der Waals surface area contributed by atoms with E-state index < -0.39 is 64.5 Å². The van der Waals surface area contributed by atoms with Crippen LogP contribution in [0.5, 0.6) is 0 Å². The van der Waals surface area contributed by atoms with Crippen molar-refractivity contribution in [1.82, 2.24) is 30.8 Å². The van der Waals surface area contributed by atoms with E-state index >= 15 is 14.0 Å². The van der Waals surface area contributed by atoms with Crippen LogP contribution < -0.4 is 26.8 Å². The number of alkyl carbamates (subject to hydrolysis) is 1. The van der Waals surface area contributed by atoms with Crippen molar-refractivity contribution in [3.63, 3.8) is 0 Å². The number of unbranched alkanes of at least 4 members (excludes halogenated alkanes) is 1. The summed E-state index contributed by atoms with van der Waals surface area (Å²) in [7, 11) is 0. The number of hydrogen-bond donors (Lipinski definition) is 5. The van der Waals surface area contributed by atoms with Crippen LogP contribution in [0.2, 0.25) is 0 Å². The zero-order valence-electron chi connectivity index (χ0n) is 49.9. The third-order valence-corrected chi connectivity index (χ3v) is 18.8. The Morgan fingerprint density at radius 1 is 0.753 bits per heavy atom. The smallest absolute Gasteiger partial charge is 0.407 e. The lowest BCUT2D eigenvalue weighted by Gasteiger charge is -2.37. The van der Waals surface area contributed by atoms with Gasteiger partial charge in [-0.25, -0.2) is 19.0 Å². The Morgan fingerprint density at radius 2 is 1.38 bits per heavy atom. The number of hydrogen-bond acceptors (Lipinski definition) is 10. The van der Waals surface area contributed by atoms with E-state index in [4.69, 9.17) is 14.5 Å². The number of rotatable bonds is 19. The first kappa shape index (κ1) is 58.4. The van der Waals surface area contributed by atoms with Crippen LogP contribution in [0.25, 0.3) is 33.4 Å². The van der Waals surface area contributed by atoms with Crippen molar-refractivity contribution in [2.75, 3.05) is 13.2 Å². The van der Waals surface area contributed by atoms with Crippen molar-refractivity contribution < 1.29 is 38.1 Å². The van der Waals surface area contributed by atoms with E-state index in [1.807, 2.05) is 103 Å². The van der Waals surface area contributed by atoms with Crippen molar-refractivity contribution in [3.8, 4) is 22.5 Å². The van der Waals surface area contributed by atoms with Gasteiger partial charge in [0.2, 0.25) is 11.8 Å². The molecule has 4 atom stereocenters. The maximum Gasteiger partial charge on any atom is 0.407 e. The van der Waals surface area contributed by atoms with Crippen LogP contribution >= 0.6 is 0 Å². The van der Waals surface area contributed by atoms with Gasteiger partial charge in [-0.1, -0.05) is 176 Å². The van der Waals surface area contributed by atoms with Crippen molar-refractivity contribution in [2.45, 2.75) is 114 Å². The molecule has 2 aromatic heterocycles. The molecule has 4 heterocycles. The maximum absolute atomic E-state index is 16.0. The number of ether oxygens (including phenoxy) is 2. The third kappa shape index (κ3) is 10.6. The standard InChI is InChI=1S/C74H69FN6O8/c1-4-73(87)58-39-64-67-55(41-81(64)70(84)57(58)43-88-71(73)85)66-60(36-35-50-45(3)59(75)40-62(77-67)65(50)66)78-68(82)61(30-18-19-37-76-74(47-22-10-6-11-23-47,48-24-12-7-13-25-48)49-33-31-44(2)32-34-49)79-69(83)63(38-46-20-8-5-9-21-46)80-72(86)89-42-56-53-28-16-14-26-51(53)52-27-15-17-29-54(52)56/h5-17,20-29,31-34,39-40,56,60-61,63,76,87H,4,18-19,30,35-38,41-43H2,1-3H3,(H,78,82)(H,79,83)(H,80,86)/t60-,61-,63-,73-/m0/s1. The summed E-state index contributed by atoms with van der Waals surface area (Å²) in [5.74, 6) is -2.60. The molecule has 3 amide bonds. The highest BCUT2D eigenvalue weighted by Crippen LogP contribution is 2.47. The fourth-order valence-corrected chi connectivity index (χ4v) is 14.1. The summed E-state index contributed by atoms with van der Waals surface area (Å²) in [6.45, 7) is 5.69. The molecule has 0 radical (unpaired) electrons. The summed E-state index contributed by atoms with van der Waals surface area (Å²) in [6, 6.07) is 54.6. The molecule has 9 aromatic rings. The van der Waals surface area contributed by atoms with Gasteiger partial charge in [-0.15, -0.1) is 0 Å². The number of amides is 3. The van der Waals surface area contributed by atoms with Gasteiger partial charge < -0.3 is 35.1 Å². The number of fused-ring (bicyclic) bond motifs is 8. The average molecular weight is 1190 g/mol. The summed E-state index contributed by atoms with van der Waals surface area (Å²) in [5.41, 5.74) is 9.87. The fraction of sp³-hybridized carbons (Fsp3) is 0.270. The number of aryl methyl sites for hydroxylation is 2. The molecule has 13 rings (SSSR count). The van der Waals surface area contributed by atoms with Crippen molar-refractivity contribution >= 4 is 34.8 Å². The molecule has 4 aliphatic rings. The lowest BCUT2D eigenvalue weighted by Crippen LogP contribution is -2.55. The van der Waals surface area contributed by atoms with Gasteiger partial charge in [-0.05, 0) is 126 Å². The van der Waals surface area contributed by atoms with Gasteiger partial charge in [-0.3, -0.25) is 19.7 Å². The Labute approximate surface area is 515 Å². The van der Waals surface area contributed by atoms with Gasteiger partial charge >= 0.3 is 12.1 Å². The van der Waals surface area contributed by atoms with Crippen LogP contribution in [0.4, 0.5) is 9.18 Å². The zero-order valence-corrected chi connectivity index (χ0v) is 49.9.